The number of benzene rings is 2. The summed E-state index contributed by atoms with van der Waals surface area (Å²) in [5, 5.41) is 18.2. The van der Waals surface area contributed by atoms with Crippen molar-refractivity contribution in [2.75, 3.05) is 12.4 Å². The van der Waals surface area contributed by atoms with E-state index in [0.29, 0.717) is 16.6 Å². The molecule has 0 aliphatic carbocycles. The first-order valence-corrected chi connectivity index (χ1v) is 11.1. The van der Waals surface area contributed by atoms with Gasteiger partial charge in [-0.3, -0.25) is 0 Å². The molecule has 0 atom stereocenters. The number of rotatable bonds is 4. The lowest BCUT2D eigenvalue weighted by molar-refractivity contribution is 0.584. The highest BCUT2D eigenvalue weighted by Crippen LogP contribution is 2.37. The Balaban J connectivity index is 2.20. The molecule has 7 N–H and O–H groups in total. The van der Waals surface area contributed by atoms with E-state index in [9.17, 15) is 16.8 Å². The summed E-state index contributed by atoms with van der Waals surface area (Å²) in [6.45, 7) is -0.0437. The van der Waals surface area contributed by atoms with Gasteiger partial charge in [0.15, 0.2) is 18.5 Å². The fourth-order valence-corrected chi connectivity index (χ4v) is 5.29. The van der Waals surface area contributed by atoms with Crippen LogP contribution in [0, 0.1) is 0 Å². The summed E-state index contributed by atoms with van der Waals surface area (Å²) < 4.78 is 49.0. The molecule has 2 heterocycles. The number of anilines is 1. The first-order valence-electron chi connectivity index (χ1n) is 7.97. The van der Waals surface area contributed by atoms with Gasteiger partial charge in [0.25, 0.3) is 0 Å². The SMILES string of the molecule is Nc1nc2c(-c3ccc(S(N)(=O)=O)c(S(N)(=O)=O)c3C3=NCN=N3)cccc2[nH]1. The molecule has 4 rings (SSSR count). The van der Waals surface area contributed by atoms with Crippen molar-refractivity contribution in [3.05, 3.63) is 35.9 Å². The summed E-state index contributed by atoms with van der Waals surface area (Å²) in [4.78, 5) is 9.77. The number of sulfonamides is 2. The maximum Gasteiger partial charge on any atom is 0.240 e. The third kappa shape index (κ3) is 3.27. The van der Waals surface area contributed by atoms with E-state index >= 15 is 0 Å². The molecule has 14 heteroatoms. The van der Waals surface area contributed by atoms with Crippen LogP contribution in [-0.4, -0.2) is 39.3 Å². The molecule has 12 nitrogen and oxygen atoms in total. The Bertz CT molecular complexity index is 1440. The number of nitrogens with one attached hydrogen (secondary N) is 1. The predicted molar refractivity (Wildman–Crippen MR) is 105 cm³/mol. The van der Waals surface area contributed by atoms with Crippen molar-refractivity contribution in [3.8, 4) is 11.1 Å². The first-order chi connectivity index (χ1) is 13.6. The summed E-state index contributed by atoms with van der Waals surface area (Å²) >= 11 is 0. The van der Waals surface area contributed by atoms with Gasteiger partial charge in [-0.2, -0.15) is 5.11 Å². The fourth-order valence-electron chi connectivity index (χ4n) is 3.14. The summed E-state index contributed by atoms with van der Waals surface area (Å²) in [5.74, 6) is 0.0646. The third-order valence-corrected chi connectivity index (χ3v) is 6.28. The Morgan fingerprint density at radius 3 is 2.34 bits per heavy atom. The normalized spacial score (nSPS) is 14.5. The molecule has 1 aliphatic rings. The van der Waals surface area contributed by atoms with Gasteiger partial charge in [-0.15, -0.1) is 5.11 Å². The van der Waals surface area contributed by atoms with Crippen molar-refractivity contribution >= 4 is 42.9 Å². The Morgan fingerprint density at radius 2 is 1.72 bits per heavy atom. The lowest BCUT2D eigenvalue weighted by atomic mass is 9.97. The van der Waals surface area contributed by atoms with Crippen LogP contribution in [0.4, 0.5) is 5.95 Å². The van der Waals surface area contributed by atoms with Crippen molar-refractivity contribution in [2.24, 2.45) is 25.5 Å². The monoisotopic (exact) mass is 434 g/mol. The standard InChI is InChI=1S/C15H14N8O4S2/c16-15-21-9-3-1-2-8(12(9)22-15)7-4-5-10(28(17,24)25)13(29(18,26)27)11(7)14-19-6-20-23-14/h1-5H,6H2,(H3,16,21,22)(H2,17,24,25)(H2,18,26,27). The topological polar surface area (TPSA) is 212 Å². The second-order valence-corrected chi connectivity index (χ2v) is 9.12. The molecule has 2 aromatic carbocycles. The van der Waals surface area contributed by atoms with Gasteiger partial charge in [0.05, 0.1) is 16.6 Å². The molecular formula is C15H14N8O4S2. The molecule has 1 aromatic heterocycles. The Morgan fingerprint density at radius 1 is 0.966 bits per heavy atom. The Hall–Kier alpha value is -3.20. The van der Waals surface area contributed by atoms with Crippen LogP contribution < -0.4 is 16.0 Å². The van der Waals surface area contributed by atoms with Crippen LogP contribution in [-0.2, 0) is 20.0 Å². The summed E-state index contributed by atoms with van der Waals surface area (Å²) in [6.07, 6.45) is 0. The average Bonchev–Trinajstić information content (AvgIpc) is 3.27. The van der Waals surface area contributed by atoms with Gasteiger partial charge in [-0.25, -0.2) is 37.1 Å². The van der Waals surface area contributed by atoms with E-state index in [1.54, 1.807) is 18.2 Å². The molecule has 1 aliphatic heterocycles. The highest BCUT2D eigenvalue weighted by atomic mass is 32.2. The fraction of sp³-hybridized carbons (Fsp3) is 0.0667. The van der Waals surface area contributed by atoms with Gasteiger partial charge in [-0.05, 0) is 17.7 Å². The number of aromatic amines is 1. The van der Waals surface area contributed by atoms with Crippen molar-refractivity contribution in [3.63, 3.8) is 0 Å². The van der Waals surface area contributed by atoms with Crippen LogP contribution in [0.25, 0.3) is 22.2 Å². The maximum atomic E-state index is 12.4. The smallest absolute Gasteiger partial charge is 0.240 e. The van der Waals surface area contributed by atoms with Crippen molar-refractivity contribution in [1.82, 2.24) is 9.97 Å². The molecule has 29 heavy (non-hydrogen) atoms. The van der Waals surface area contributed by atoms with E-state index in [1.807, 2.05) is 0 Å². The van der Waals surface area contributed by atoms with Crippen molar-refractivity contribution in [1.29, 1.82) is 0 Å². The number of fused-ring (bicyclic) bond motifs is 1. The summed E-state index contributed by atoms with van der Waals surface area (Å²) in [7, 11) is -8.99. The van der Waals surface area contributed by atoms with Gasteiger partial charge < -0.3 is 10.7 Å². The Labute approximate surface area is 164 Å². The molecule has 150 valence electrons. The zero-order chi connectivity index (χ0) is 21.0. The number of nitrogens with two attached hydrogens (primary N) is 3. The predicted octanol–water partition coefficient (Wildman–Crippen LogP) is 0.277. The van der Waals surface area contributed by atoms with Crippen LogP contribution in [0.2, 0.25) is 0 Å². The maximum absolute atomic E-state index is 12.4. The van der Waals surface area contributed by atoms with E-state index in [-0.39, 0.29) is 29.6 Å². The second-order valence-electron chi connectivity index (χ2n) is 6.09. The lowest BCUT2D eigenvalue weighted by Crippen LogP contribution is -2.24. The molecule has 0 amide bonds. The molecule has 0 spiro atoms. The molecule has 0 unspecified atom stereocenters. The number of azo groups is 1. The van der Waals surface area contributed by atoms with E-state index in [2.05, 4.69) is 25.2 Å². The number of primary sulfonamides is 2. The molecule has 0 radical (unpaired) electrons. The van der Waals surface area contributed by atoms with Crippen molar-refractivity contribution < 1.29 is 16.8 Å². The minimum absolute atomic E-state index is 0.0437. The number of H-pyrrole nitrogens is 1. The second kappa shape index (κ2) is 6.41. The minimum Gasteiger partial charge on any atom is -0.369 e. The minimum atomic E-state index is -4.56. The molecule has 0 fully saturated rings. The third-order valence-electron chi connectivity index (χ3n) is 4.21. The molecule has 3 aromatic rings. The largest absolute Gasteiger partial charge is 0.369 e. The first kappa shape index (κ1) is 19.1. The quantitative estimate of drug-likeness (QED) is 0.452. The number of amidine groups is 1. The molecule has 0 saturated heterocycles. The lowest BCUT2D eigenvalue weighted by Gasteiger charge is -2.16. The molecule has 0 bridgehead atoms. The van der Waals surface area contributed by atoms with Gasteiger partial charge in [0.2, 0.25) is 20.0 Å². The van der Waals surface area contributed by atoms with E-state index in [4.69, 9.17) is 16.0 Å². The van der Waals surface area contributed by atoms with Crippen LogP contribution in [0.15, 0.2) is 55.3 Å². The average molecular weight is 434 g/mol. The van der Waals surface area contributed by atoms with Gasteiger partial charge in [-0.1, -0.05) is 18.2 Å². The van der Waals surface area contributed by atoms with E-state index in [0.717, 1.165) is 6.07 Å². The molecule has 0 saturated carbocycles. The number of hydrogen-bond acceptors (Lipinski definition) is 9. The van der Waals surface area contributed by atoms with Crippen LogP contribution >= 0.6 is 0 Å². The summed E-state index contributed by atoms with van der Waals surface area (Å²) in [6, 6.07) is 7.54. The van der Waals surface area contributed by atoms with Crippen LogP contribution in [0.1, 0.15) is 5.56 Å². The highest BCUT2D eigenvalue weighted by molar-refractivity contribution is 7.92. The number of imidazole rings is 1. The van der Waals surface area contributed by atoms with E-state index in [1.165, 1.54) is 6.07 Å². The van der Waals surface area contributed by atoms with Gasteiger partial charge >= 0.3 is 0 Å². The zero-order valence-electron chi connectivity index (χ0n) is 14.6. The van der Waals surface area contributed by atoms with Gasteiger partial charge in [0, 0.05) is 5.56 Å². The number of para-hydroxylation sites is 1. The number of aromatic nitrogens is 2. The number of nitrogen functional groups attached to an aromatic ring is 1. The van der Waals surface area contributed by atoms with Gasteiger partial charge in [0.1, 0.15) is 9.79 Å². The number of hydrogen-bond donors (Lipinski definition) is 4. The Kier molecular flexibility index (Phi) is 4.23. The molecular weight excluding hydrogens is 420 g/mol. The van der Waals surface area contributed by atoms with Crippen LogP contribution in [0.3, 0.4) is 0 Å². The van der Waals surface area contributed by atoms with Crippen LogP contribution in [0.5, 0.6) is 0 Å². The van der Waals surface area contributed by atoms with Crippen molar-refractivity contribution in [2.45, 2.75) is 9.79 Å². The summed E-state index contributed by atoms with van der Waals surface area (Å²) in [5.41, 5.74) is 7.37. The van der Waals surface area contributed by atoms with E-state index < -0.39 is 29.8 Å². The zero-order valence-corrected chi connectivity index (χ0v) is 16.2. The number of nitrogens with zero attached hydrogens (tertiary/aromatic N) is 4. The number of aliphatic imine (C=N–C) groups is 1. The highest BCUT2D eigenvalue weighted by Gasteiger charge is 2.31.